The number of hydrogen-bond donors (Lipinski definition) is 2. The number of anilines is 2. The smallest absolute Gasteiger partial charge is 0.245 e. The lowest BCUT2D eigenvalue weighted by molar-refractivity contribution is 0.379. The van der Waals surface area contributed by atoms with Crippen molar-refractivity contribution in [3.05, 3.63) is 22.7 Å². The Labute approximate surface area is 125 Å². The van der Waals surface area contributed by atoms with E-state index in [-0.39, 0.29) is 0 Å². The molecule has 0 amide bonds. The molecule has 0 radical (unpaired) electrons. The number of aryl methyl sites for hydroxylation is 2. The Hall–Kier alpha value is -2.22. The summed E-state index contributed by atoms with van der Waals surface area (Å²) in [5.41, 5.74) is 0. The van der Waals surface area contributed by atoms with Crippen molar-refractivity contribution in [2.24, 2.45) is 0 Å². The fourth-order valence-electron chi connectivity index (χ4n) is 1.99. The standard InChI is InChI=1S/C13H16N6OS/c1-4-14-13-17-11(9-5-7(2)21-12(9)18-13)15-6-10-16-8(3)19-20-10/h5H,4,6H2,1-3H3,(H2,14,15,17,18). The summed E-state index contributed by atoms with van der Waals surface area (Å²) in [6.45, 7) is 7.08. The van der Waals surface area contributed by atoms with Crippen molar-refractivity contribution in [1.29, 1.82) is 0 Å². The SMILES string of the molecule is CCNc1nc(NCc2nc(C)no2)c2cc(C)sc2n1. The minimum Gasteiger partial charge on any atom is -0.360 e. The van der Waals surface area contributed by atoms with Gasteiger partial charge in [-0.3, -0.25) is 0 Å². The van der Waals surface area contributed by atoms with E-state index in [2.05, 4.69) is 43.7 Å². The first-order valence-corrected chi connectivity index (χ1v) is 7.52. The van der Waals surface area contributed by atoms with E-state index in [1.165, 1.54) is 4.88 Å². The van der Waals surface area contributed by atoms with Crippen molar-refractivity contribution >= 4 is 33.3 Å². The van der Waals surface area contributed by atoms with Crippen molar-refractivity contribution in [2.45, 2.75) is 27.3 Å². The van der Waals surface area contributed by atoms with Crippen LogP contribution in [0.2, 0.25) is 0 Å². The summed E-state index contributed by atoms with van der Waals surface area (Å²) < 4.78 is 5.10. The van der Waals surface area contributed by atoms with Gasteiger partial charge in [0.2, 0.25) is 11.8 Å². The van der Waals surface area contributed by atoms with Crippen LogP contribution >= 0.6 is 11.3 Å². The number of thiophene rings is 1. The summed E-state index contributed by atoms with van der Waals surface area (Å²) in [5.74, 6) is 2.56. The minimum atomic E-state index is 0.438. The molecule has 0 aromatic carbocycles. The summed E-state index contributed by atoms with van der Waals surface area (Å²) >= 11 is 1.65. The third-order valence-electron chi connectivity index (χ3n) is 2.83. The van der Waals surface area contributed by atoms with Crippen LogP contribution in [0, 0.1) is 13.8 Å². The molecule has 0 bridgehead atoms. The lowest BCUT2D eigenvalue weighted by Crippen LogP contribution is -2.07. The Balaban J connectivity index is 1.91. The van der Waals surface area contributed by atoms with Crippen LogP contribution in [0.15, 0.2) is 10.6 Å². The second kappa shape index (κ2) is 5.65. The maximum atomic E-state index is 5.10. The molecule has 21 heavy (non-hydrogen) atoms. The van der Waals surface area contributed by atoms with Crippen LogP contribution in [0.4, 0.5) is 11.8 Å². The maximum absolute atomic E-state index is 5.10. The molecule has 3 heterocycles. The van der Waals surface area contributed by atoms with Gasteiger partial charge in [-0.05, 0) is 26.8 Å². The fraction of sp³-hybridized carbons (Fsp3) is 0.385. The Kier molecular flexibility index (Phi) is 3.70. The monoisotopic (exact) mass is 304 g/mol. The van der Waals surface area contributed by atoms with Gasteiger partial charge in [0.25, 0.3) is 0 Å². The van der Waals surface area contributed by atoms with Gasteiger partial charge < -0.3 is 15.2 Å². The van der Waals surface area contributed by atoms with Crippen LogP contribution in [-0.2, 0) is 6.54 Å². The Morgan fingerprint density at radius 1 is 1.19 bits per heavy atom. The van der Waals surface area contributed by atoms with Gasteiger partial charge in [0.15, 0.2) is 5.82 Å². The molecule has 0 unspecified atom stereocenters. The van der Waals surface area contributed by atoms with Crippen LogP contribution in [0.3, 0.4) is 0 Å². The first-order chi connectivity index (χ1) is 10.2. The highest BCUT2D eigenvalue weighted by atomic mass is 32.1. The quantitative estimate of drug-likeness (QED) is 0.749. The molecular formula is C13H16N6OS. The van der Waals surface area contributed by atoms with Crippen molar-refractivity contribution < 1.29 is 4.52 Å². The largest absolute Gasteiger partial charge is 0.360 e. The van der Waals surface area contributed by atoms with Crippen molar-refractivity contribution in [1.82, 2.24) is 20.1 Å². The second-order valence-electron chi connectivity index (χ2n) is 4.59. The fourth-order valence-corrected chi connectivity index (χ4v) is 2.86. The van der Waals surface area contributed by atoms with Gasteiger partial charge in [-0.2, -0.15) is 9.97 Å². The number of nitrogens with one attached hydrogen (secondary N) is 2. The van der Waals surface area contributed by atoms with Gasteiger partial charge in [0.1, 0.15) is 10.6 Å². The number of hydrogen-bond acceptors (Lipinski definition) is 8. The Morgan fingerprint density at radius 2 is 2.05 bits per heavy atom. The molecule has 0 aliphatic rings. The molecule has 0 aliphatic heterocycles. The van der Waals surface area contributed by atoms with E-state index < -0.39 is 0 Å². The van der Waals surface area contributed by atoms with Gasteiger partial charge >= 0.3 is 0 Å². The normalized spacial score (nSPS) is 11.0. The van der Waals surface area contributed by atoms with Crippen molar-refractivity contribution in [2.75, 3.05) is 17.2 Å². The van der Waals surface area contributed by atoms with E-state index in [1.54, 1.807) is 18.3 Å². The van der Waals surface area contributed by atoms with E-state index in [4.69, 9.17) is 4.52 Å². The van der Waals surface area contributed by atoms with Crippen LogP contribution in [0.5, 0.6) is 0 Å². The lowest BCUT2D eigenvalue weighted by atomic mass is 10.3. The van der Waals surface area contributed by atoms with Crippen LogP contribution < -0.4 is 10.6 Å². The highest BCUT2D eigenvalue weighted by molar-refractivity contribution is 7.18. The van der Waals surface area contributed by atoms with Crippen molar-refractivity contribution in [3.63, 3.8) is 0 Å². The molecule has 8 heteroatoms. The molecule has 0 spiro atoms. The molecule has 3 aromatic heterocycles. The van der Waals surface area contributed by atoms with Gasteiger partial charge in [-0.15, -0.1) is 11.3 Å². The molecule has 0 atom stereocenters. The Bertz CT molecular complexity index is 765. The van der Waals surface area contributed by atoms with E-state index in [0.717, 1.165) is 22.6 Å². The predicted molar refractivity (Wildman–Crippen MR) is 82.7 cm³/mol. The number of rotatable bonds is 5. The minimum absolute atomic E-state index is 0.438. The highest BCUT2D eigenvalue weighted by Gasteiger charge is 2.11. The summed E-state index contributed by atoms with van der Waals surface area (Å²) in [5, 5.41) is 11.2. The molecule has 110 valence electrons. The molecule has 0 aliphatic carbocycles. The van der Waals surface area contributed by atoms with E-state index >= 15 is 0 Å². The summed E-state index contributed by atoms with van der Waals surface area (Å²) in [6.07, 6.45) is 0. The number of nitrogens with zero attached hydrogens (tertiary/aromatic N) is 4. The first kappa shape index (κ1) is 13.7. The third kappa shape index (κ3) is 2.94. The third-order valence-corrected chi connectivity index (χ3v) is 3.77. The van der Waals surface area contributed by atoms with E-state index in [9.17, 15) is 0 Å². The summed E-state index contributed by atoms with van der Waals surface area (Å²) in [7, 11) is 0. The summed E-state index contributed by atoms with van der Waals surface area (Å²) in [4.78, 5) is 15.4. The number of aromatic nitrogens is 4. The topological polar surface area (TPSA) is 88.8 Å². The van der Waals surface area contributed by atoms with E-state index in [0.29, 0.717) is 24.2 Å². The molecule has 3 aromatic rings. The molecular weight excluding hydrogens is 288 g/mol. The maximum Gasteiger partial charge on any atom is 0.245 e. The second-order valence-corrected chi connectivity index (χ2v) is 5.83. The van der Waals surface area contributed by atoms with Gasteiger partial charge in [0, 0.05) is 11.4 Å². The van der Waals surface area contributed by atoms with Crippen LogP contribution in [0.25, 0.3) is 10.2 Å². The molecule has 0 saturated heterocycles. The van der Waals surface area contributed by atoms with Gasteiger partial charge in [-0.1, -0.05) is 5.16 Å². The molecule has 7 nitrogen and oxygen atoms in total. The molecule has 0 fully saturated rings. The van der Waals surface area contributed by atoms with Gasteiger partial charge in [-0.25, -0.2) is 4.98 Å². The number of fused-ring (bicyclic) bond motifs is 1. The molecule has 0 saturated carbocycles. The van der Waals surface area contributed by atoms with Crippen LogP contribution in [0.1, 0.15) is 23.5 Å². The highest BCUT2D eigenvalue weighted by Crippen LogP contribution is 2.29. The average molecular weight is 304 g/mol. The Morgan fingerprint density at radius 3 is 2.76 bits per heavy atom. The predicted octanol–water partition coefficient (Wildman–Crippen LogP) is 2.74. The molecule has 2 N–H and O–H groups in total. The molecule has 3 rings (SSSR count). The first-order valence-electron chi connectivity index (χ1n) is 6.71. The zero-order chi connectivity index (χ0) is 14.8. The van der Waals surface area contributed by atoms with Crippen molar-refractivity contribution in [3.8, 4) is 0 Å². The average Bonchev–Trinajstić information content (AvgIpc) is 3.01. The zero-order valence-corrected chi connectivity index (χ0v) is 12.9. The van der Waals surface area contributed by atoms with E-state index in [1.807, 2.05) is 6.92 Å². The lowest BCUT2D eigenvalue weighted by Gasteiger charge is -2.07. The van der Waals surface area contributed by atoms with Crippen LogP contribution in [-0.4, -0.2) is 26.7 Å². The summed E-state index contributed by atoms with van der Waals surface area (Å²) in [6, 6.07) is 2.08. The zero-order valence-electron chi connectivity index (χ0n) is 12.1. The van der Waals surface area contributed by atoms with Gasteiger partial charge in [0.05, 0.1) is 11.9 Å².